The molecule has 2 heterocycles. The Labute approximate surface area is 218 Å². The Hall–Kier alpha value is -3.93. The number of methoxy groups -OCH3 is 1. The lowest BCUT2D eigenvalue weighted by molar-refractivity contribution is 0.341. The van der Waals surface area contributed by atoms with Crippen LogP contribution in [0.4, 0.5) is 10.1 Å². The van der Waals surface area contributed by atoms with Crippen molar-refractivity contribution < 1.29 is 22.3 Å². The van der Waals surface area contributed by atoms with Crippen molar-refractivity contribution in [1.82, 2.24) is 19.6 Å². The standard InChI is InChI=1S/C26H28FN5O5S/c1-4-37-21-12-10-18(38(34,35)31-17-9-11-22(36-3)20(27)13-17)14-19(21)24-29-26(33)23-15(2)28-25(32(23)30-24)16-7-5-6-8-16/h9-14,16,31H,4-8H2,1-3H3,(H,29,30,33). The van der Waals surface area contributed by atoms with Crippen molar-refractivity contribution in [1.29, 1.82) is 0 Å². The minimum atomic E-state index is -4.13. The summed E-state index contributed by atoms with van der Waals surface area (Å²) in [7, 11) is -2.81. The number of hydrogen-bond donors (Lipinski definition) is 2. The number of fused-ring (bicyclic) bond motifs is 1. The number of anilines is 1. The summed E-state index contributed by atoms with van der Waals surface area (Å²) in [5.41, 5.74) is 0.886. The van der Waals surface area contributed by atoms with Crippen LogP contribution >= 0.6 is 0 Å². The lowest BCUT2D eigenvalue weighted by Crippen LogP contribution is -2.17. The largest absolute Gasteiger partial charge is 0.494 e. The molecule has 1 fully saturated rings. The molecular weight excluding hydrogens is 513 g/mol. The molecular formula is C26H28FN5O5S. The molecule has 2 aromatic carbocycles. The highest BCUT2D eigenvalue weighted by Gasteiger charge is 2.26. The third kappa shape index (κ3) is 4.71. The van der Waals surface area contributed by atoms with Gasteiger partial charge in [0, 0.05) is 12.0 Å². The molecule has 0 unspecified atom stereocenters. The van der Waals surface area contributed by atoms with Gasteiger partial charge in [-0.15, -0.1) is 5.10 Å². The summed E-state index contributed by atoms with van der Waals surface area (Å²) in [5.74, 6) is 0.717. The number of H-pyrrole nitrogens is 1. The summed E-state index contributed by atoms with van der Waals surface area (Å²) in [6.45, 7) is 3.88. The lowest BCUT2D eigenvalue weighted by Gasteiger charge is -2.14. The number of aromatic nitrogens is 4. The van der Waals surface area contributed by atoms with Crippen LogP contribution < -0.4 is 19.8 Å². The molecule has 1 aliphatic rings. The Balaban J connectivity index is 1.60. The average molecular weight is 542 g/mol. The Morgan fingerprint density at radius 1 is 1.16 bits per heavy atom. The first-order chi connectivity index (χ1) is 18.2. The molecule has 0 amide bonds. The first kappa shape index (κ1) is 25.7. The van der Waals surface area contributed by atoms with Crippen LogP contribution in [0.3, 0.4) is 0 Å². The molecule has 2 N–H and O–H groups in total. The van der Waals surface area contributed by atoms with Crippen LogP contribution in [0.25, 0.3) is 16.9 Å². The van der Waals surface area contributed by atoms with Crippen molar-refractivity contribution in [2.75, 3.05) is 18.4 Å². The predicted octanol–water partition coefficient (Wildman–Crippen LogP) is 4.40. The van der Waals surface area contributed by atoms with E-state index >= 15 is 0 Å². The second kappa shape index (κ2) is 10.1. The fourth-order valence-corrected chi connectivity index (χ4v) is 5.92. The zero-order valence-electron chi connectivity index (χ0n) is 21.2. The molecule has 10 nitrogen and oxygen atoms in total. The predicted molar refractivity (Wildman–Crippen MR) is 140 cm³/mol. The fourth-order valence-electron chi connectivity index (χ4n) is 4.85. The van der Waals surface area contributed by atoms with Crippen molar-refractivity contribution >= 4 is 21.2 Å². The van der Waals surface area contributed by atoms with Gasteiger partial charge in [-0.2, -0.15) is 0 Å². The molecule has 1 saturated carbocycles. The number of aromatic amines is 1. The Morgan fingerprint density at radius 3 is 2.58 bits per heavy atom. The molecule has 0 saturated heterocycles. The SMILES string of the molecule is CCOc1ccc(S(=O)(=O)Nc2ccc(OC)c(F)c2)cc1-c1nn2c(C3CCCC3)nc(C)c2c(=O)[nH]1. The number of aryl methyl sites for hydroxylation is 1. The van der Waals surface area contributed by atoms with E-state index in [4.69, 9.17) is 14.6 Å². The Bertz CT molecular complexity index is 1680. The summed E-state index contributed by atoms with van der Waals surface area (Å²) in [4.78, 5) is 20.4. The number of ether oxygens (including phenoxy) is 2. The van der Waals surface area contributed by atoms with Crippen LogP contribution in [0.15, 0.2) is 46.1 Å². The van der Waals surface area contributed by atoms with Gasteiger partial charge in [0.15, 0.2) is 22.9 Å². The second-order valence-electron chi connectivity index (χ2n) is 9.15. The zero-order chi connectivity index (χ0) is 27.0. The van der Waals surface area contributed by atoms with Gasteiger partial charge in [0.05, 0.1) is 35.6 Å². The van der Waals surface area contributed by atoms with Gasteiger partial charge in [0.2, 0.25) is 0 Å². The van der Waals surface area contributed by atoms with Crippen molar-refractivity contribution in [3.8, 4) is 22.9 Å². The van der Waals surface area contributed by atoms with Crippen LogP contribution in [0.2, 0.25) is 0 Å². The van der Waals surface area contributed by atoms with Gasteiger partial charge >= 0.3 is 0 Å². The van der Waals surface area contributed by atoms with Crippen molar-refractivity contribution in [3.05, 3.63) is 64.1 Å². The monoisotopic (exact) mass is 541 g/mol. The number of imidazole rings is 1. The van der Waals surface area contributed by atoms with Crippen LogP contribution in [0, 0.1) is 12.7 Å². The number of nitrogens with one attached hydrogen (secondary N) is 2. The molecule has 200 valence electrons. The smallest absolute Gasteiger partial charge is 0.277 e. The maximum atomic E-state index is 14.1. The van der Waals surface area contributed by atoms with E-state index in [1.807, 2.05) is 0 Å². The van der Waals surface area contributed by atoms with E-state index < -0.39 is 15.8 Å². The topological polar surface area (TPSA) is 128 Å². The number of benzene rings is 2. The minimum Gasteiger partial charge on any atom is -0.494 e. The van der Waals surface area contributed by atoms with Gasteiger partial charge < -0.3 is 14.5 Å². The highest BCUT2D eigenvalue weighted by atomic mass is 32.2. The van der Waals surface area contributed by atoms with E-state index in [-0.39, 0.29) is 33.6 Å². The molecule has 38 heavy (non-hydrogen) atoms. The summed E-state index contributed by atoms with van der Waals surface area (Å²) in [6, 6.07) is 8.01. The van der Waals surface area contributed by atoms with Crippen molar-refractivity contribution in [3.63, 3.8) is 0 Å². The number of halogens is 1. The highest BCUT2D eigenvalue weighted by molar-refractivity contribution is 7.92. The Kier molecular flexibility index (Phi) is 6.82. The number of hydrogen-bond acceptors (Lipinski definition) is 7. The molecule has 4 aromatic rings. The van der Waals surface area contributed by atoms with E-state index in [1.165, 1.54) is 37.4 Å². The van der Waals surface area contributed by atoms with Gasteiger partial charge in [0.1, 0.15) is 11.6 Å². The molecule has 0 radical (unpaired) electrons. The van der Waals surface area contributed by atoms with E-state index in [1.54, 1.807) is 18.4 Å². The van der Waals surface area contributed by atoms with E-state index in [0.717, 1.165) is 37.6 Å². The van der Waals surface area contributed by atoms with Crippen LogP contribution in [-0.2, 0) is 10.0 Å². The summed E-state index contributed by atoms with van der Waals surface area (Å²) in [6.07, 6.45) is 4.12. The number of rotatable bonds is 8. The van der Waals surface area contributed by atoms with Gasteiger partial charge in [-0.1, -0.05) is 12.8 Å². The van der Waals surface area contributed by atoms with Crippen molar-refractivity contribution in [2.24, 2.45) is 0 Å². The second-order valence-corrected chi connectivity index (χ2v) is 10.8. The third-order valence-electron chi connectivity index (χ3n) is 6.64. The minimum absolute atomic E-state index is 0.00608. The van der Waals surface area contributed by atoms with E-state index in [0.29, 0.717) is 29.1 Å². The first-order valence-electron chi connectivity index (χ1n) is 12.3. The number of nitrogens with zero attached hydrogens (tertiary/aromatic N) is 3. The van der Waals surface area contributed by atoms with E-state index in [2.05, 4.69) is 14.7 Å². The molecule has 0 bridgehead atoms. The molecule has 12 heteroatoms. The quantitative estimate of drug-likeness (QED) is 0.338. The number of sulfonamides is 1. The van der Waals surface area contributed by atoms with Crippen LogP contribution in [-0.4, -0.2) is 41.7 Å². The third-order valence-corrected chi connectivity index (χ3v) is 8.02. The Morgan fingerprint density at radius 2 is 1.89 bits per heavy atom. The molecule has 2 aromatic heterocycles. The average Bonchev–Trinajstić information content (AvgIpc) is 3.52. The van der Waals surface area contributed by atoms with Gasteiger partial charge in [-0.05, 0) is 57.0 Å². The molecule has 0 atom stereocenters. The maximum Gasteiger partial charge on any atom is 0.277 e. The maximum absolute atomic E-state index is 14.1. The summed E-state index contributed by atoms with van der Waals surface area (Å²) in [5, 5.41) is 4.69. The van der Waals surface area contributed by atoms with Crippen molar-refractivity contribution in [2.45, 2.75) is 50.3 Å². The molecule has 1 aliphatic carbocycles. The van der Waals surface area contributed by atoms with Gasteiger partial charge in [-0.3, -0.25) is 9.52 Å². The van der Waals surface area contributed by atoms with E-state index in [9.17, 15) is 17.6 Å². The van der Waals surface area contributed by atoms with Crippen LogP contribution in [0.5, 0.6) is 11.5 Å². The normalized spacial score (nSPS) is 14.2. The summed E-state index contributed by atoms with van der Waals surface area (Å²) < 4.78 is 55.2. The zero-order valence-corrected chi connectivity index (χ0v) is 22.1. The highest BCUT2D eigenvalue weighted by Crippen LogP contribution is 2.35. The first-order valence-corrected chi connectivity index (χ1v) is 13.8. The van der Waals surface area contributed by atoms with Crippen LogP contribution in [0.1, 0.15) is 50.0 Å². The fraction of sp³-hybridized carbons (Fsp3) is 0.346. The van der Waals surface area contributed by atoms with Gasteiger partial charge in [-0.25, -0.2) is 22.3 Å². The molecule has 0 aliphatic heterocycles. The molecule has 5 rings (SSSR count). The lowest BCUT2D eigenvalue weighted by atomic mass is 10.1. The molecule has 0 spiro atoms. The summed E-state index contributed by atoms with van der Waals surface area (Å²) >= 11 is 0. The van der Waals surface area contributed by atoms with Gasteiger partial charge in [0.25, 0.3) is 15.6 Å².